The molecule has 149 heavy (non-hydrogen) atoms. The molecule has 0 amide bonds. The van der Waals surface area contributed by atoms with Crippen molar-refractivity contribution in [3.63, 3.8) is 0 Å². The van der Waals surface area contributed by atoms with Crippen LogP contribution in [0.5, 0.6) is 5.75 Å². The van der Waals surface area contributed by atoms with Gasteiger partial charge in [-0.2, -0.15) is 18.3 Å². The van der Waals surface area contributed by atoms with Gasteiger partial charge in [-0.15, -0.1) is 0 Å². The quantitative estimate of drug-likeness (QED) is 0.0490. The minimum absolute atomic E-state index is 0.126. The summed E-state index contributed by atoms with van der Waals surface area (Å²) >= 11 is 3.43. The van der Waals surface area contributed by atoms with Crippen LogP contribution in [0.3, 0.4) is 0 Å². The van der Waals surface area contributed by atoms with Gasteiger partial charge in [0, 0.05) is 224 Å². The third-order valence-electron chi connectivity index (χ3n) is 32.5. The van der Waals surface area contributed by atoms with Crippen molar-refractivity contribution < 1.29 is 67.4 Å². The van der Waals surface area contributed by atoms with E-state index in [2.05, 4.69) is 188 Å². The van der Waals surface area contributed by atoms with Crippen LogP contribution < -0.4 is 25.2 Å². The second kappa shape index (κ2) is 39.2. The van der Waals surface area contributed by atoms with E-state index < -0.39 is 0 Å². The Kier molecular flexibility index (Phi) is 26.1. The number of allylic oxidation sites excluding steroid dienone is 12. The Morgan fingerprint density at radius 3 is 1.19 bits per heavy atom. The predicted octanol–water partition coefficient (Wildman–Crippen LogP) is 22.9. The Balaban J connectivity index is 0.000000117. The van der Waals surface area contributed by atoms with Gasteiger partial charge in [0.05, 0.1) is 45.5 Å². The fraction of sp³-hybridized carbons (Fsp3) is 0.246. The number of benzene rings is 11. The van der Waals surface area contributed by atoms with Gasteiger partial charge in [-0.1, -0.05) is 265 Å². The topological polar surface area (TPSA) is 211 Å². The maximum atomic E-state index is 14.0. The van der Waals surface area contributed by atoms with Crippen LogP contribution in [0.1, 0.15) is 157 Å². The van der Waals surface area contributed by atoms with E-state index in [4.69, 9.17) is 9.47 Å². The fourth-order valence-corrected chi connectivity index (χ4v) is 24.5. The van der Waals surface area contributed by atoms with Crippen molar-refractivity contribution in [1.29, 1.82) is 0 Å². The number of halogens is 1. The Bertz CT molecular complexity index is 8560. The van der Waals surface area contributed by atoms with Gasteiger partial charge >= 0.3 is 0 Å². The summed E-state index contributed by atoms with van der Waals surface area (Å²) in [6, 6.07) is 93.0. The van der Waals surface area contributed by atoms with Crippen LogP contribution in [0.25, 0.3) is 82.8 Å². The number of para-hydroxylation sites is 9. The first-order valence-corrected chi connectivity index (χ1v) is 52.5. The molecule has 5 aliphatic carbocycles. The van der Waals surface area contributed by atoms with E-state index >= 15 is 0 Å². The van der Waals surface area contributed by atoms with Crippen molar-refractivity contribution in [2.24, 2.45) is 5.92 Å². The Labute approximate surface area is 878 Å². The van der Waals surface area contributed by atoms with Crippen LogP contribution in [-0.2, 0) is 65.2 Å². The minimum atomic E-state index is -0.307. The predicted molar refractivity (Wildman–Crippen MR) is 592 cm³/mol. The number of carbonyl (C=O) groups is 4. The third-order valence-corrected chi connectivity index (χ3v) is 33.1. The molecule has 0 N–H and O–H groups in total. The van der Waals surface area contributed by atoms with Crippen molar-refractivity contribution in [1.82, 2.24) is 18.3 Å². The van der Waals surface area contributed by atoms with Gasteiger partial charge < -0.3 is 48.2 Å². The molecule has 4 aromatic heterocycles. The number of ketones is 4. The number of Topliss-reactive ketones (excluding diaryl/α,β-unsaturated/α-hetero) is 4. The molecule has 4 aliphatic heterocycles. The number of rotatable bonds is 21. The lowest BCUT2D eigenvalue weighted by atomic mass is 9.77. The highest BCUT2D eigenvalue weighted by molar-refractivity contribution is 9.10. The first kappa shape index (κ1) is 99.3. The zero-order valence-corrected chi connectivity index (χ0v) is 88.6. The summed E-state index contributed by atoms with van der Waals surface area (Å²) in [7, 11) is 9.71. The highest BCUT2D eigenvalue weighted by atomic mass is 79.9. The number of nitrogens with zero attached hydrogens (tertiary/aromatic N) is 8. The molecule has 748 valence electrons. The molecule has 18 nitrogen and oxygen atoms in total. The van der Waals surface area contributed by atoms with Crippen LogP contribution in [0, 0.1) is 12.8 Å². The monoisotopic (exact) mass is 2030 g/mol. The molecule has 8 heterocycles. The third kappa shape index (κ3) is 16.9. The van der Waals surface area contributed by atoms with Gasteiger partial charge in [0.2, 0.25) is 22.7 Å². The highest BCUT2D eigenvalue weighted by Gasteiger charge is 2.50. The summed E-state index contributed by atoms with van der Waals surface area (Å²) in [4.78, 5) is 54.3. The van der Waals surface area contributed by atoms with Gasteiger partial charge in [-0.25, -0.2) is 0 Å². The van der Waals surface area contributed by atoms with Crippen LogP contribution in [0.4, 0.5) is 22.7 Å². The summed E-state index contributed by atoms with van der Waals surface area (Å²) in [5, 5.41) is 58.0. The normalized spacial score (nSPS) is 18.6. The largest absolute Gasteiger partial charge is 0.871 e. The number of ether oxygens (including phenoxy) is 2. The molecule has 9 aliphatic rings. The molecule has 1 atom stereocenters. The van der Waals surface area contributed by atoms with E-state index in [-0.39, 0.29) is 107 Å². The maximum absolute atomic E-state index is 14.0. The lowest BCUT2D eigenvalue weighted by Crippen LogP contribution is -2.33. The molecule has 24 rings (SSSR count). The van der Waals surface area contributed by atoms with Gasteiger partial charge in [-0.05, 0) is 154 Å². The molecular weight excluding hydrogens is 1910 g/mol. The van der Waals surface area contributed by atoms with E-state index in [0.29, 0.717) is 35.4 Å². The van der Waals surface area contributed by atoms with Crippen molar-refractivity contribution >= 4 is 151 Å². The van der Waals surface area contributed by atoms with E-state index in [1.807, 2.05) is 265 Å². The molecule has 1 fully saturated rings. The Morgan fingerprint density at radius 1 is 0.396 bits per heavy atom. The second-order valence-electron chi connectivity index (χ2n) is 42.5. The molecule has 11 aromatic carbocycles. The van der Waals surface area contributed by atoms with Gasteiger partial charge in [-0.3, -0.25) is 19.2 Å². The number of fused-ring (bicyclic) bond motifs is 8. The summed E-state index contributed by atoms with van der Waals surface area (Å²) < 4.78 is 29.4. The number of aryl methyl sites for hydroxylation is 2. The van der Waals surface area contributed by atoms with Gasteiger partial charge in [0.1, 0.15) is 40.5 Å². The lowest BCUT2D eigenvalue weighted by molar-refractivity contribution is -0.401. The summed E-state index contributed by atoms with van der Waals surface area (Å²) in [6.07, 6.45) is 19.7. The fourth-order valence-electron chi connectivity index (χ4n) is 24.2. The standard InChI is InChI=1S/C38H38N2O2.C32H27BrN2O3.C30H32N2O3.C30H24N2O2/c1-38(2)29-19-11-13-21-31(29)39(3)32(38)24-28-36(41)34(37(28)42)33-27-18-10-12-20-30(27)40(23-22-25-14-6-4-7-15-25)35(33)26-16-8-5-9-17-26;1-32(2)25-9-5-7-11-27(25)34(3)28(32)18-23-30(36)29(31(23)37)24-19-35(26-10-6-4-8-22(24)26)16-17-38-21-14-12-20(33)13-15-21;1-18(35-6)15-16-32-19(2)26(20-11-7-9-13-23(20)32)27-28(33)21(29(27)34)17-25-30(3,4)22-12-8-10-14-24(22)31(25)5;1-30(2)23-14-8-10-16-25(23)31(3)26(30)17-21-28(33)27(29(21)34)22-18-32(19-11-5-4-6-12-19)24-15-9-7-13-20(22)24/h5,8-13,16-21,24-25H,4,6-7,14-15,22-23H2,1-3H3;4-15,18-19H,16-17H2,1-3H3;7-14,17-18H,15-16H2,1-6H3;4-18H,1-3H3. The van der Waals surface area contributed by atoms with Crippen molar-refractivity contribution in [2.45, 2.75) is 162 Å². The molecule has 0 saturated heterocycles. The molecule has 15 aromatic rings. The number of hydrogen-bond donors (Lipinski definition) is 0. The van der Waals surface area contributed by atoms with E-state index in [0.717, 1.165) is 165 Å². The lowest BCUT2D eigenvalue weighted by Gasteiger charge is -2.31. The second-order valence-corrected chi connectivity index (χ2v) is 43.5. The van der Waals surface area contributed by atoms with Crippen molar-refractivity contribution in [2.75, 3.05) is 41.9 Å². The van der Waals surface area contributed by atoms with Crippen LogP contribution in [0.15, 0.2) is 366 Å². The van der Waals surface area contributed by atoms with E-state index in [1.54, 1.807) is 19.3 Å². The van der Waals surface area contributed by atoms with Gasteiger partial charge in [0.25, 0.3) is 0 Å². The summed E-state index contributed by atoms with van der Waals surface area (Å²) in [6.45, 7) is 23.9. The molecule has 19 heteroatoms. The SMILES string of the molecule is COC(C)CCn1c(C)c(C2=C([O-])C(=CC3=[N+](C)c4ccccc4C3(C)C)C2=O)c2ccccc21.C[N+]1=C(C=C2C(=O)C(c3c(-c4ccccc4)n(CCC4CCCCC4)c4ccccc34)=C2[O-])C(C)(C)c2ccccc21.C[N+]1=C(C=C2C(=O)C(c3cn(-c4ccccc4)c4ccccc34)=C2[O-])C(C)(C)c2ccccc21.C[N+]1=C(C=C2C(=O)C(c3cn(CCOc4ccc(Br)cc4)c4ccccc34)=C2[O-])C(C)(C)c2ccccc21. The minimum Gasteiger partial charge on any atom is -0.871 e. The van der Waals surface area contributed by atoms with E-state index in [9.17, 15) is 39.6 Å². The number of hydrogen-bond acceptors (Lipinski definition) is 10. The maximum Gasteiger partial charge on any atom is 0.209 e. The van der Waals surface area contributed by atoms with Crippen LogP contribution in [0.2, 0.25) is 0 Å². The molecule has 0 radical (unpaired) electrons. The first-order chi connectivity index (χ1) is 71.7. The summed E-state index contributed by atoms with van der Waals surface area (Å²) in [5.41, 5.74) is 25.0. The number of aromatic nitrogens is 4. The smallest absolute Gasteiger partial charge is 0.209 e. The van der Waals surface area contributed by atoms with Crippen LogP contribution in [-0.4, -0.2) is 131 Å². The van der Waals surface area contributed by atoms with Crippen LogP contribution >= 0.6 is 15.9 Å². The zero-order valence-electron chi connectivity index (χ0n) is 87.0. The Hall–Kier alpha value is -15.7. The number of carbonyl (C=O) groups excluding carboxylic acids is 4. The molecule has 0 spiro atoms. The molecular formula is C130H121BrN8O10. The molecule has 1 saturated carbocycles. The average molecular weight is 2040 g/mol. The average Bonchev–Trinajstić information content (AvgIpc) is 1.56. The summed E-state index contributed by atoms with van der Waals surface area (Å²) in [5.74, 6) is 0.111. The molecule has 1 unspecified atom stereocenters. The number of methoxy groups -OCH3 is 1. The highest BCUT2D eigenvalue weighted by Crippen LogP contribution is 2.52. The molecule has 0 bridgehead atoms. The first-order valence-electron chi connectivity index (χ1n) is 51.7. The zero-order chi connectivity index (χ0) is 104. The van der Waals surface area contributed by atoms with Crippen molar-refractivity contribution in [3.8, 4) is 22.7 Å². The Morgan fingerprint density at radius 2 is 0.758 bits per heavy atom. The van der Waals surface area contributed by atoms with Gasteiger partial charge in [0.15, 0.2) is 46.0 Å². The van der Waals surface area contributed by atoms with Crippen molar-refractivity contribution in [3.05, 3.63) is 416 Å². The van der Waals surface area contributed by atoms with E-state index in [1.165, 1.54) is 54.4 Å².